The number of rotatable bonds is 10. The van der Waals surface area contributed by atoms with Gasteiger partial charge in [-0.25, -0.2) is 4.98 Å². The lowest BCUT2D eigenvalue weighted by Gasteiger charge is -2.23. The average Bonchev–Trinajstić information content (AvgIpc) is 3.13. The summed E-state index contributed by atoms with van der Waals surface area (Å²) in [6.45, 7) is 4.08. The molecule has 0 aliphatic heterocycles. The molecule has 1 aromatic carbocycles. The van der Waals surface area contributed by atoms with Crippen LogP contribution >= 0.6 is 11.3 Å². The molecule has 0 saturated carbocycles. The normalized spacial score (nSPS) is 12.6. The highest BCUT2D eigenvalue weighted by Crippen LogP contribution is 2.31. The first kappa shape index (κ1) is 21.4. The summed E-state index contributed by atoms with van der Waals surface area (Å²) < 4.78 is 10.2. The third-order valence-corrected chi connectivity index (χ3v) is 5.51. The zero-order chi connectivity index (χ0) is 20.8. The summed E-state index contributed by atoms with van der Waals surface area (Å²) in [4.78, 5) is 23.2. The number of benzene rings is 1. The van der Waals surface area contributed by atoms with Crippen molar-refractivity contribution in [2.24, 2.45) is 0 Å². The molecule has 2 heterocycles. The maximum absolute atomic E-state index is 12.8. The predicted molar refractivity (Wildman–Crippen MR) is 116 cm³/mol. The Labute approximate surface area is 173 Å². The minimum atomic E-state index is -0.578. The van der Waals surface area contributed by atoms with E-state index in [1.807, 2.05) is 29.6 Å². The number of H-pyrrole nitrogens is 1. The van der Waals surface area contributed by atoms with Crippen molar-refractivity contribution in [1.82, 2.24) is 14.9 Å². The molecule has 0 saturated heterocycles. The standard InChI is InChI=1S/C21H27N3O4S/c1-4-9-24(10-15(25)12-27-2)11-18-22-20(26)19-17(13-29-21(19)23-18)14-5-7-16(28-3)8-6-14/h5-8,13,15,25H,4,9-12H2,1-3H3,(H,22,23,26)/t15-/m1/s1. The number of fused-ring (bicyclic) bond motifs is 1. The van der Waals surface area contributed by atoms with Crippen molar-refractivity contribution in [3.05, 3.63) is 45.8 Å². The fourth-order valence-electron chi connectivity index (χ4n) is 3.36. The van der Waals surface area contributed by atoms with Crippen molar-refractivity contribution in [1.29, 1.82) is 0 Å². The summed E-state index contributed by atoms with van der Waals surface area (Å²) in [7, 11) is 3.19. The number of aliphatic hydroxyl groups excluding tert-OH is 1. The monoisotopic (exact) mass is 417 g/mol. The van der Waals surface area contributed by atoms with Crippen LogP contribution in [0.3, 0.4) is 0 Å². The molecule has 29 heavy (non-hydrogen) atoms. The topological polar surface area (TPSA) is 87.7 Å². The third kappa shape index (κ3) is 5.22. The van der Waals surface area contributed by atoms with Crippen LogP contribution in [0, 0.1) is 0 Å². The number of hydrogen-bond donors (Lipinski definition) is 2. The highest BCUT2D eigenvalue weighted by molar-refractivity contribution is 7.17. The summed E-state index contributed by atoms with van der Waals surface area (Å²) in [5.41, 5.74) is 1.67. The first-order valence-corrected chi connectivity index (χ1v) is 10.5. The smallest absolute Gasteiger partial charge is 0.260 e. The summed E-state index contributed by atoms with van der Waals surface area (Å²) in [6.07, 6.45) is 0.359. The highest BCUT2D eigenvalue weighted by atomic mass is 32.1. The number of aromatic nitrogens is 2. The average molecular weight is 418 g/mol. The van der Waals surface area contributed by atoms with E-state index in [4.69, 9.17) is 9.47 Å². The molecule has 1 atom stereocenters. The molecule has 2 aromatic heterocycles. The number of thiophene rings is 1. The van der Waals surface area contributed by atoms with Crippen molar-refractivity contribution in [3.63, 3.8) is 0 Å². The Balaban J connectivity index is 1.86. The second-order valence-electron chi connectivity index (χ2n) is 6.91. The van der Waals surface area contributed by atoms with E-state index in [2.05, 4.69) is 21.8 Å². The van der Waals surface area contributed by atoms with Gasteiger partial charge in [0.1, 0.15) is 16.4 Å². The van der Waals surface area contributed by atoms with Crippen LogP contribution in [0.1, 0.15) is 19.2 Å². The Hall–Kier alpha value is -2.26. The van der Waals surface area contributed by atoms with Crippen molar-refractivity contribution in [2.45, 2.75) is 26.0 Å². The van der Waals surface area contributed by atoms with Crippen LogP contribution in [0.4, 0.5) is 0 Å². The lowest BCUT2D eigenvalue weighted by Crippen LogP contribution is -2.35. The Morgan fingerprint density at radius 1 is 1.28 bits per heavy atom. The molecule has 0 aliphatic carbocycles. The van der Waals surface area contributed by atoms with E-state index in [-0.39, 0.29) is 12.2 Å². The molecule has 0 spiro atoms. The fourth-order valence-corrected chi connectivity index (χ4v) is 4.32. The first-order chi connectivity index (χ1) is 14.0. The third-order valence-electron chi connectivity index (χ3n) is 4.64. The highest BCUT2D eigenvalue weighted by Gasteiger charge is 2.16. The predicted octanol–water partition coefficient (Wildman–Crippen LogP) is 2.88. The Morgan fingerprint density at radius 2 is 2.03 bits per heavy atom. The van der Waals surface area contributed by atoms with E-state index >= 15 is 0 Å². The maximum Gasteiger partial charge on any atom is 0.260 e. The van der Waals surface area contributed by atoms with E-state index < -0.39 is 6.10 Å². The Bertz CT molecular complexity index is 984. The molecule has 0 unspecified atom stereocenters. The van der Waals surface area contributed by atoms with Gasteiger partial charge in [-0.1, -0.05) is 19.1 Å². The molecule has 0 bridgehead atoms. The molecular weight excluding hydrogens is 390 g/mol. The van der Waals surface area contributed by atoms with Crippen molar-refractivity contribution in [3.8, 4) is 16.9 Å². The van der Waals surface area contributed by atoms with E-state index in [1.165, 1.54) is 11.3 Å². The molecule has 0 radical (unpaired) electrons. The first-order valence-electron chi connectivity index (χ1n) is 9.59. The van der Waals surface area contributed by atoms with Crippen LogP contribution in [-0.4, -0.2) is 60.0 Å². The molecule has 3 rings (SSSR count). The van der Waals surface area contributed by atoms with Gasteiger partial charge in [-0.15, -0.1) is 11.3 Å². The van der Waals surface area contributed by atoms with E-state index in [0.717, 1.165) is 29.8 Å². The second kappa shape index (κ2) is 9.98. The van der Waals surface area contributed by atoms with Gasteiger partial charge in [-0.05, 0) is 30.7 Å². The number of aliphatic hydroxyl groups is 1. The van der Waals surface area contributed by atoms with Crippen LogP contribution in [-0.2, 0) is 11.3 Å². The molecule has 8 heteroatoms. The Morgan fingerprint density at radius 3 is 2.69 bits per heavy atom. The number of methoxy groups -OCH3 is 2. The van der Waals surface area contributed by atoms with Gasteiger partial charge in [-0.3, -0.25) is 9.69 Å². The van der Waals surface area contributed by atoms with Crippen LogP contribution < -0.4 is 10.3 Å². The van der Waals surface area contributed by atoms with E-state index in [9.17, 15) is 9.90 Å². The quantitative estimate of drug-likeness (QED) is 0.527. The molecule has 156 valence electrons. The minimum absolute atomic E-state index is 0.147. The molecule has 0 fully saturated rings. The molecule has 0 aliphatic rings. The zero-order valence-electron chi connectivity index (χ0n) is 17.0. The zero-order valence-corrected chi connectivity index (χ0v) is 17.8. The summed E-state index contributed by atoms with van der Waals surface area (Å²) in [5.74, 6) is 1.37. The van der Waals surface area contributed by atoms with Crippen LogP contribution in [0.15, 0.2) is 34.4 Å². The van der Waals surface area contributed by atoms with Crippen LogP contribution in [0.25, 0.3) is 21.3 Å². The van der Waals surface area contributed by atoms with Gasteiger partial charge in [0.25, 0.3) is 5.56 Å². The second-order valence-corrected chi connectivity index (χ2v) is 7.77. The molecule has 7 nitrogen and oxygen atoms in total. The number of hydrogen-bond acceptors (Lipinski definition) is 7. The molecule has 2 N–H and O–H groups in total. The number of nitrogens with zero attached hydrogens (tertiary/aromatic N) is 2. The molecule has 3 aromatic rings. The van der Waals surface area contributed by atoms with Crippen molar-refractivity contribution in [2.75, 3.05) is 33.9 Å². The van der Waals surface area contributed by atoms with Gasteiger partial charge in [0.2, 0.25) is 0 Å². The lowest BCUT2D eigenvalue weighted by molar-refractivity contribution is 0.0353. The van der Waals surface area contributed by atoms with E-state index in [0.29, 0.717) is 29.1 Å². The largest absolute Gasteiger partial charge is 0.497 e. The number of aromatic amines is 1. The summed E-state index contributed by atoms with van der Waals surface area (Å²) in [5, 5.41) is 12.6. The van der Waals surface area contributed by atoms with Gasteiger partial charge < -0.3 is 19.6 Å². The Kier molecular flexibility index (Phi) is 7.38. The fraction of sp³-hybridized carbons (Fsp3) is 0.429. The summed E-state index contributed by atoms with van der Waals surface area (Å²) >= 11 is 1.46. The van der Waals surface area contributed by atoms with Gasteiger partial charge in [0.05, 0.1) is 31.8 Å². The van der Waals surface area contributed by atoms with Crippen molar-refractivity contribution < 1.29 is 14.6 Å². The van der Waals surface area contributed by atoms with Gasteiger partial charge in [0, 0.05) is 24.6 Å². The van der Waals surface area contributed by atoms with Gasteiger partial charge in [-0.2, -0.15) is 0 Å². The number of ether oxygens (including phenoxy) is 2. The van der Waals surface area contributed by atoms with Crippen molar-refractivity contribution >= 4 is 21.6 Å². The SMILES string of the molecule is CCCN(Cc1nc2scc(-c3ccc(OC)cc3)c2c(=O)[nH]1)C[C@@H](O)COC. The van der Waals surface area contributed by atoms with E-state index in [1.54, 1.807) is 14.2 Å². The van der Waals surface area contributed by atoms with Crippen LogP contribution in [0.5, 0.6) is 5.75 Å². The summed E-state index contributed by atoms with van der Waals surface area (Å²) in [6, 6.07) is 7.63. The van der Waals surface area contributed by atoms with Gasteiger partial charge >= 0.3 is 0 Å². The van der Waals surface area contributed by atoms with Crippen LogP contribution in [0.2, 0.25) is 0 Å². The number of nitrogens with one attached hydrogen (secondary N) is 1. The molecule has 0 amide bonds. The van der Waals surface area contributed by atoms with Gasteiger partial charge in [0.15, 0.2) is 0 Å². The minimum Gasteiger partial charge on any atom is -0.497 e. The lowest BCUT2D eigenvalue weighted by atomic mass is 10.1. The molecular formula is C21H27N3O4S. The maximum atomic E-state index is 12.8.